The van der Waals surface area contributed by atoms with Crippen molar-refractivity contribution < 1.29 is 14.1 Å². The largest absolute Gasteiger partial charge is 0.494 e. The molecule has 0 atom stereocenters. The first-order valence-electron chi connectivity index (χ1n) is 10.1. The Kier molecular flexibility index (Phi) is 5.57. The average Bonchev–Trinajstić information content (AvgIpc) is 2.82. The van der Waals surface area contributed by atoms with Gasteiger partial charge in [0, 0.05) is 12.0 Å². The molecule has 0 bridgehead atoms. The van der Waals surface area contributed by atoms with Gasteiger partial charge in [0.1, 0.15) is 0 Å². The Balaban J connectivity index is 1.77. The van der Waals surface area contributed by atoms with Crippen LogP contribution in [0.1, 0.15) is 74.5 Å². The third kappa shape index (κ3) is 4.08. The molecule has 0 unspecified atom stereocenters. The van der Waals surface area contributed by atoms with E-state index in [0.717, 1.165) is 11.0 Å². The number of Topliss-reactive ketones (excluding diaryl/α,β-unsaturated/α-hetero) is 1. The minimum atomic E-state index is -0.453. The van der Waals surface area contributed by atoms with Gasteiger partial charge in [-0.05, 0) is 62.7 Å². The van der Waals surface area contributed by atoms with Gasteiger partial charge in [-0.3, -0.25) is 4.79 Å². The van der Waals surface area contributed by atoms with Gasteiger partial charge >= 0.3 is 7.12 Å². The summed E-state index contributed by atoms with van der Waals surface area (Å²) in [4.78, 5) is 12.9. The van der Waals surface area contributed by atoms with Crippen LogP contribution >= 0.6 is 0 Å². The van der Waals surface area contributed by atoms with Crippen molar-refractivity contribution >= 4 is 18.4 Å². The lowest BCUT2D eigenvalue weighted by atomic mass is 9.78. The highest BCUT2D eigenvalue weighted by atomic mass is 16.7. The van der Waals surface area contributed by atoms with Crippen LogP contribution in [0.3, 0.4) is 0 Å². The van der Waals surface area contributed by atoms with Gasteiger partial charge < -0.3 is 9.31 Å². The van der Waals surface area contributed by atoms with Crippen LogP contribution in [0.5, 0.6) is 0 Å². The highest BCUT2D eigenvalue weighted by Crippen LogP contribution is 2.36. The molecule has 2 aromatic carbocycles. The Morgan fingerprint density at radius 1 is 1.00 bits per heavy atom. The second kappa shape index (κ2) is 7.49. The predicted molar refractivity (Wildman–Crippen MR) is 115 cm³/mol. The van der Waals surface area contributed by atoms with Gasteiger partial charge in [-0.15, -0.1) is 0 Å². The van der Waals surface area contributed by atoms with E-state index in [4.69, 9.17) is 9.31 Å². The predicted octanol–water partition coefficient (Wildman–Crippen LogP) is 4.84. The van der Waals surface area contributed by atoms with Crippen LogP contribution in [0, 0.1) is 6.92 Å². The molecule has 2 aromatic rings. The third-order valence-corrected chi connectivity index (χ3v) is 6.05. The van der Waals surface area contributed by atoms with Crippen LogP contribution in [-0.2, 0) is 15.7 Å². The molecule has 0 aromatic heterocycles. The molecule has 0 radical (unpaired) electrons. The van der Waals surface area contributed by atoms with Gasteiger partial charge in [-0.2, -0.15) is 0 Å². The first kappa shape index (κ1) is 20.8. The Morgan fingerprint density at radius 3 is 2.21 bits per heavy atom. The van der Waals surface area contributed by atoms with E-state index in [1.807, 2.05) is 52.0 Å². The highest BCUT2D eigenvalue weighted by molar-refractivity contribution is 6.62. The molecule has 28 heavy (non-hydrogen) atoms. The van der Waals surface area contributed by atoms with E-state index in [2.05, 4.69) is 39.0 Å². The van der Waals surface area contributed by atoms with Crippen molar-refractivity contribution in [1.29, 1.82) is 0 Å². The van der Waals surface area contributed by atoms with Gasteiger partial charge in [0.05, 0.1) is 11.2 Å². The zero-order valence-corrected chi connectivity index (χ0v) is 18.1. The van der Waals surface area contributed by atoms with E-state index in [1.54, 1.807) is 0 Å². The molecule has 0 amide bonds. The van der Waals surface area contributed by atoms with Gasteiger partial charge in [0.15, 0.2) is 5.78 Å². The molecule has 1 saturated heterocycles. The third-order valence-electron chi connectivity index (χ3n) is 6.05. The van der Waals surface area contributed by atoms with Crippen LogP contribution in [-0.4, -0.2) is 24.1 Å². The summed E-state index contributed by atoms with van der Waals surface area (Å²) in [7, 11) is -0.453. The van der Waals surface area contributed by atoms with Crippen molar-refractivity contribution in [2.24, 2.45) is 0 Å². The summed E-state index contributed by atoms with van der Waals surface area (Å²) < 4.78 is 12.2. The molecule has 0 saturated carbocycles. The van der Waals surface area contributed by atoms with E-state index >= 15 is 0 Å². The van der Waals surface area contributed by atoms with E-state index in [-0.39, 0.29) is 5.78 Å². The summed E-state index contributed by atoms with van der Waals surface area (Å²) in [6, 6.07) is 14.0. The monoisotopic (exact) mass is 378 g/mol. The molecular weight excluding hydrogens is 347 g/mol. The first-order valence-corrected chi connectivity index (χ1v) is 10.1. The van der Waals surface area contributed by atoms with Crippen LogP contribution < -0.4 is 5.46 Å². The zero-order chi connectivity index (χ0) is 20.7. The Morgan fingerprint density at radius 2 is 1.64 bits per heavy atom. The maximum absolute atomic E-state index is 12.9. The number of aryl methyl sites for hydroxylation is 1. The summed E-state index contributed by atoms with van der Waals surface area (Å²) in [5.74, 6) is 0.594. The number of rotatable bonds is 5. The lowest BCUT2D eigenvalue weighted by Gasteiger charge is -2.32. The maximum atomic E-state index is 12.9. The number of benzene rings is 2. The topological polar surface area (TPSA) is 35.5 Å². The van der Waals surface area contributed by atoms with Crippen molar-refractivity contribution in [2.75, 3.05) is 0 Å². The highest BCUT2D eigenvalue weighted by Gasteiger charge is 2.51. The van der Waals surface area contributed by atoms with Gasteiger partial charge in [-0.25, -0.2) is 0 Å². The molecule has 1 fully saturated rings. The van der Waals surface area contributed by atoms with E-state index in [1.165, 1.54) is 11.1 Å². The van der Waals surface area contributed by atoms with Gasteiger partial charge in [0.2, 0.25) is 0 Å². The Bertz CT molecular complexity index is 867. The summed E-state index contributed by atoms with van der Waals surface area (Å²) in [5, 5.41) is 0. The Labute approximate surface area is 169 Å². The fourth-order valence-electron chi connectivity index (χ4n) is 3.62. The van der Waals surface area contributed by atoms with Crippen LogP contribution in [0.2, 0.25) is 0 Å². The fourth-order valence-corrected chi connectivity index (χ4v) is 3.62. The standard InChI is InChI=1S/C24H31BO3/c1-16(2)21-12-11-18(13-17(21)3)14-22(26)19-9-8-10-20(15-19)25-27-23(4,5)24(6,7)28-25/h8-13,15-16H,14H2,1-7H3. The molecule has 3 nitrogen and oxygen atoms in total. The lowest BCUT2D eigenvalue weighted by Crippen LogP contribution is -2.41. The average molecular weight is 378 g/mol. The molecule has 0 N–H and O–H groups in total. The van der Waals surface area contributed by atoms with Crippen molar-refractivity contribution in [1.82, 2.24) is 0 Å². The second-order valence-corrected chi connectivity index (χ2v) is 9.16. The van der Waals surface area contributed by atoms with Crippen molar-refractivity contribution in [3.8, 4) is 0 Å². The van der Waals surface area contributed by atoms with Crippen LogP contribution in [0.4, 0.5) is 0 Å². The van der Waals surface area contributed by atoms with E-state index in [9.17, 15) is 4.79 Å². The second-order valence-electron chi connectivity index (χ2n) is 9.16. The van der Waals surface area contributed by atoms with Gasteiger partial charge in [-0.1, -0.05) is 56.3 Å². The number of carbonyl (C=O) groups excluding carboxylic acids is 1. The molecule has 1 aliphatic heterocycles. The number of ketones is 1. The summed E-state index contributed by atoms with van der Waals surface area (Å²) in [5.41, 5.74) is 4.41. The van der Waals surface area contributed by atoms with Gasteiger partial charge in [0.25, 0.3) is 0 Å². The van der Waals surface area contributed by atoms with Crippen LogP contribution in [0.15, 0.2) is 42.5 Å². The zero-order valence-electron chi connectivity index (χ0n) is 18.1. The quantitative estimate of drug-likeness (QED) is 0.552. The normalized spacial score (nSPS) is 17.9. The minimum Gasteiger partial charge on any atom is -0.399 e. The molecular formula is C24H31BO3. The summed E-state index contributed by atoms with van der Waals surface area (Å²) >= 11 is 0. The number of hydrogen-bond donors (Lipinski definition) is 0. The molecule has 0 spiro atoms. The molecule has 1 aliphatic rings. The fraction of sp³-hybridized carbons (Fsp3) is 0.458. The molecule has 3 rings (SSSR count). The smallest absolute Gasteiger partial charge is 0.399 e. The Hall–Kier alpha value is -1.91. The number of hydrogen-bond acceptors (Lipinski definition) is 3. The van der Waals surface area contributed by atoms with Crippen LogP contribution in [0.25, 0.3) is 0 Å². The number of carbonyl (C=O) groups is 1. The minimum absolute atomic E-state index is 0.107. The lowest BCUT2D eigenvalue weighted by molar-refractivity contribution is 0.00578. The first-order chi connectivity index (χ1) is 13.0. The SMILES string of the molecule is Cc1cc(CC(=O)c2cccc(B3OC(C)(C)C(C)(C)O3)c2)ccc1C(C)C. The van der Waals surface area contributed by atoms with E-state index < -0.39 is 18.3 Å². The molecule has 4 heteroatoms. The van der Waals surface area contributed by atoms with E-state index in [0.29, 0.717) is 17.9 Å². The summed E-state index contributed by atoms with van der Waals surface area (Å²) in [6.45, 7) is 14.6. The van der Waals surface area contributed by atoms with Crippen molar-refractivity contribution in [3.05, 3.63) is 64.7 Å². The maximum Gasteiger partial charge on any atom is 0.494 e. The van der Waals surface area contributed by atoms with Crippen molar-refractivity contribution in [3.63, 3.8) is 0 Å². The molecule has 0 aliphatic carbocycles. The molecule has 148 valence electrons. The van der Waals surface area contributed by atoms with Crippen molar-refractivity contribution in [2.45, 2.75) is 72.0 Å². The molecule has 1 heterocycles. The summed E-state index contributed by atoms with van der Waals surface area (Å²) in [6.07, 6.45) is 0.395.